The fourth-order valence-corrected chi connectivity index (χ4v) is 4.52. The number of nitrogens with zero attached hydrogens (tertiary/aromatic N) is 1. The highest BCUT2D eigenvalue weighted by Gasteiger charge is 2.31. The maximum atomic E-state index is 13.0. The first kappa shape index (κ1) is 16.5. The van der Waals surface area contributed by atoms with Gasteiger partial charge in [-0.3, -0.25) is 4.31 Å². The van der Waals surface area contributed by atoms with E-state index < -0.39 is 16.0 Å². The Morgan fingerprint density at radius 2 is 1.88 bits per heavy atom. The van der Waals surface area contributed by atoms with E-state index in [9.17, 15) is 13.2 Å². The summed E-state index contributed by atoms with van der Waals surface area (Å²) in [5.74, 6) is -0.455. The van der Waals surface area contributed by atoms with E-state index >= 15 is 0 Å². The van der Waals surface area contributed by atoms with Crippen LogP contribution in [0.5, 0.6) is 0 Å². The summed E-state index contributed by atoms with van der Waals surface area (Å²) in [5, 5.41) is 0. The molecule has 24 heavy (non-hydrogen) atoms. The van der Waals surface area contributed by atoms with Gasteiger partial charge in [-0.2, -0.15) is 0 Å². The minimum atomic E-state index is -3.65. The molecule has 0 N–H and O–H groups in total. The molecule has 0 spiro atoms. The van der Waals surface area contributed by atoms with Gasteiger partial charge in [0.2, 0.25) is 0 Å². The van der Waals surface area contributed by atoms with Gasteiger partial charge in [-0.15, -0.1) is 0 Å². The van der Waals surface area contributed by atoms with Crippen LogP contribution in [0.3, 0.4) is 0 Å². The third kappa shape index (κ3) is 2.78. The Morgan fingerprint density at radius 1 is 1.17 bits per heavy atom. The quantitative estimate of drug-likeness (QED) is 0.799. The molecule has 6 heteroatoms. The summed E-state index contributed by atoms with van der Waals surface area (Å²) in [4.78, 5) is 11.9. The van der Waals surface area contributed by atoms with Crippen LogP contribution >= 0.6 is 0 Å². The van der Waals surface area contributed by atoms with Crippen LogP contribution in [0.4, 0.5) is 5.69 Å². The molecule has 0 fully saturated rings. The maximum Gasteiger partial charge on any atom is 0.338 e. The van der Waals surface area contributed by atoms with Crippen molar-refractivity contribution >= 4 is 21.7 Å². The molecular formula is C18H19NO4S. The van der Waals surface area contributed by atoms with E-state index in [4.69, 9.17) is 4.74 Å². The molecule has 0 aliphatic carbocycles. The predicted molar refractivity (Wildman–Crippen MR) is 91.8 cm³/mol. The lowest BCUT2D eigenvalue weighted by atomic mass is 10.1. The number of hydrogen-bond donors (Lipinski definition) is 0. The second kappa shape index (κ2) is 6.28. The second-order valence-corrected chi connectivity index (χ2v) is 7.52. The second-order valence-electron chi connectivity index (χ2n) is 5.65. The topological polar surface area (TPSA) is 63.7 Å². The van der Waals surface area contributed by atoms with Crippen molar-refractivity contribution in [1.82, 2.24) is 0 Å². The Bertz CT molecular complexity index is 872. The Labute approximate surface area is 141 Å². The molecule has 0 atom stereocenters. The molecule has 0 saturated heterocycles. The minimum Gasteiger partial charge on any atom is -0.462 e. The number of sulfonamides is 1. The van der Waals surface area contributed by atoms with Crippen molar-refractivity contribution in [1.29, 1.82) is 0 Å². The Balaban J connectivity index is 1.94. The average Bonchev–Trinajstić information content (AvgIpc) is 3.01. The van der Waals surface area contributed by atoms with Crippen molar-refractivity contribution in [3.63, 3.8) is 0 Å². The normalized spacial score (nSPS) is 13.7. The fraction of sp³-hybridized carbons (Fsp3) is 0.278. The highest BCUT2D eigenvalue weighted by atomic mass is 32.2. The molecule has 2 aromatic rings. The first-order valence-electron chi connectivity index (χ1n) is 7.83. The van der Waals surface area contributed by atoms with Crippen LogP contribution in [-0.2, 0) is 21.2 Å². The molecule has 5 nitrogen and oxygen atoms in total. The molecular weight excluding hydrogens is 326 g/mol. The zero-order valence-electron chi connectivity index (χ0n) is 13.7. The van der Waals surface area contributed by atoms with Gasteiger partial charge >= 0.3 is 5.97 Å². The number of rotatable bonds is 4. The number of anilines is 1. The first-order valence-corrected chi connectivity index (χ1v) is 9.27. The van der Waals surface area contributed by atoms with Gasteiger partial charge in [0.15, 0.2) is 0 Å². The number of ether oxygens (including phenoxy) is 1. The van der Waals surface area contributed by atoms with E-state index in [0.717, 1.165) is 16.8 Å². The predicted octanol–water partition coefficient (Wildman–Crippen LogP) is 2.92. The van der Waals surface area contributed by atoms with E-state index in [1.54, 1.807) is 6.92 Å². The SMILES string of the molecule is CCOC(=O)c1ccc(S(=O)(=O)N2CCc3cccc(C)c32)cc1. The zero-order chi connectivity index (χ0) is 17.3. The van der Waals surface area contributed by atoms with Gasteiger partial charge < -0.3 is 4.74 Å². The van der Waals surface area contributed by atoms with Crippen LogP contribution in [0.15, 0.2) is 47.4 Å². The number of carbonyl (C=O) groups is 1. The van der Waals surface area contributed by atoms with Gasteiger partial charge in [0.1, 0.15) is 0 Å². The summed E-state index contributed by atoms with van der Waals surface area (Å²) in [6, 6.07) is 11.7. The van der Waals surface area contributed by atoms with Crippen LogP contribution in [0.25, 0.3) is 0 Å². The van der Waals surface area contributed by atoms with Gasteiger partial charge in [-0.1, -0.05) is 18.2 Å². The largest absolute Gasteiger partial charge is 0.462 e. The molecule has 0 aromatic heterocycles. The number of aryl methyl sites for hydroxylation is 1. The maximum absolute atomic E-state index is 13.0. The van der Waals surface area contributed by atoms with Crippen molar-refractivity contribution in [2.24, 2.45) is 0 Å². The molecule has 3 rings (SSSR count). The van der Waals surface area contributed by atoms with Crippen molar-refractivity contribution in [3.05, 3.63) is 59.2 Å². The van der Waals surface area contributed by atoms with Gasteiger partial charge in [-0.05, 0) is 55.7 Å². The number of para-hydroxylation sites is 1. The lowest BCUT2D eigenvalue weighted by Gasteiger charge is -2.21. The molecule has 0 unspecified atom stereocenters. The smallest absolute Gasteiger partial charge is 0.338 e. The van der Waals surface area contributed by atoms with Crippen molar-refractivity contribution < 1.29 is 17.9 Å². The summed E-state index contributed by atoms with van der Waals surface area (Å²) in [5.41, 5.74) is 3.10. The third-order valence-corrected chi connectivity index (χ3v) is 5.92. The zero-order valence-corrected chi connectivity index (χ0v) is 14.5. The molecule has 1 aliphatic rings. The lowest BCUT2D eigenvalue weighted by Crippen LogP contribution is -2.29. The van der Waals surface area contributed by atoms with E-state index in [1.165, 1.54) is 28.6 Å². The van der Waals surface area contributed by atoms with Gasteiger partial charge in [0, 0.05) is 6.54 Å². The van der Waals surface area contributed by atoms with Crippen LogP contribution in [-0.4, -0.2) is 27.5 Å². The van der Waals surface area contributed by atoms with E-state index in [2.05, 4.69) is 0 Å². The van der Waals surface area contributed by atoms with Crippen LogP contribution in [0, 0.1) is 6.92 Å². The van der Waals surface area contributed by atoms with Crippen molar-refractivity contribution in [2.75, 3.05) is 17.5 Å². The van der Waals surface area contributed by atoms with Crippen LogP contribution in [0.2, 0.25) is 0 Å². The Hall–Kier alpha value is -2.34. The fourth-order valence-electron chi connectivity index (χ4n) is 2.96. The van der Waals surface area contributed by atoms with Gasteiger partial charge in [-0.25, -0.2) is 13.2 Å². The molecule has 126 valence electrons. The van der Waals surface area contributed by atoms with E-state index in [0.29, 0.717) is 18.5 Å². The Kier molecular flexibility index (Phi) is 4.32. The average molecular weight is 345 g/mol. The standard InChI is InChI=1S/C18H19NO4S/c1-3-23-18(20)15-7-9-16(10-8-15)24(21,22)19-12-11-14-6-4-5-13(2)17(14)19/h4-10H,3,11-12H2,1-2H3. The van der Waals surface area contributed by atoms with Crippen molar-refractivity contribution in [2.45, 2.75) is 25.2 Å². The van der Waals surface area contributed by atoms with E-state index in [1.807, 2.05) is 25.1 Å². The van der Waals surface area contributed by atoms with Crippen LogP contribution < -0.4 is 4.31 Å². The van der Waals surface area contributed by atoms with Gasteiger partial charge in [0.05, 0.1) is 22.8 Å². The third-order valence-electron chi connectivity index (χ3n) is 4.11. The molecule has 0 bridgehead atoms. The molecule has 2 aromatic carbocycles. The summed E-state index contributed by atoms with van der Waals surface area (Å²) in [7, 11) is -3.65. The molecule has 0 amide bonds. The van der Waals surface area contributed by atoms with E-state index in [-0.39, 0.29) is 11.5 Å². The number of hydrogen-bond acceptors (Lipinski definition) is 4. The molecule has 1 heterocycles. The molecule has 0 radical (unpaired) electrons. The molecule has 0 saturated carbocycles. The van der Waals surface area contributed by atoms with Crippen molar-refractivity contribution in [3.8, 4) is 0 Å². The van der Waals surface area contributed by atoms with Crippen LogP contribution in [0.1, 0.15) is 28.4 Å². The number of fused-ring (bicyclic) bond motifs is 1. The number of carbonyl (C=O) groups excluding carboxylic acids is 1. The number of benzene rings is 2. The highest BCUT2D eigenvalue weighted by molar-refractivity contribution is 7.92. The summed E-state index contributed by atoms with van der Waals surface area (Å²) >= 11 is 0. The molecule has 1 aliphatic heterocycles. The first-order chi connectivity index (χ1) is 11.4. The van der Waals surface area contributed by atoms with Gasteiger partial charge in [0.25, 0.3) is 10.0 Å². The monoisotopic (exact) mass is 345 g/mol. The Morgan fingerprint density at radius 3 is 2.54 bits per heavy atom. The lowest BCUT2D eigenvalue weighted by molar-refractivity contribution is 0.0526. The summed E-state index contributed by atoms with van der Waals surface area (Å²) in [6.45, 7) is 4.35. The minimum absolute atomic E-state index is 0.173. The highest BCUT2D eigenvalue weighted by Crippen LogP contribution is 2.35. The summed E-state index contributed by atoms with van der Waals surface area (Å²) < 4.78 is 32.3. The number of esters is 1. The summed E-state index contributed by atoms with van der Waals surface area (Å²) in [6.07, 6.45) is 0.706.